The van der Waals surface area contributed by atoms with Gasteiger partial charge in [0.2, 0.25) is 0 Å². The first-order valence-corrected chi connectivity index (χ1v) is 7.52. The zero-order valence-corrected chi connectivity index (χ0v) is 12.3. The molecule has 0 radical (unpaired) electrons. The minimum atomic E-state index is -0.764. The molecule has 1 atom stereocenters. The number of carboxylic acids is 1. The molecule has 1 saturated heterocycles. The number of aryl methyl sites for hydroxylation is 1. The standard InChI is InChI=1S/C13H21N3O2S/c1-15(2)11-4-3-7-16(8-11)13-14-10(9-19-13)5-6-12(17)18/h9,11H,3-8H2,1-2H3,(H,17,18). The number of hydrogen-bond donors (Lipinski definition) is 1. The first-order chi connectivity index (χ1) is 9.06. The van der Waals surface area contributed by atoms with E-state index in [1.165, 1.54) is 12.8 Å². The highest BCUT2D eigenvalue weighted by Crippen LogP contribution is 2.25. The van der Waals surface area contributed by atoms with Gasteiger partial charge in [0, 0.05) is 30.9 Å². The van der Waals surface area contributed by atoms with E-state index in [1.807, 2.05) is 5.38 Å². The number of nitrogens with zero attached hydrogens (tertiary/aromatic N) is 3. The molecule has 0 amide bonds. The Hall–Kier alpha value is -1.14. The Morgan fingerprint density at radius 1 is 1.63 bits per heavy atom. The maximum absolute atomic E-state index is 10.6. The van der Waals surface area contributed by atoms with Gasteiger partial charge in [0.15, 0.2) is 5.13 Å². The van der Waals surface area contributed by atoms with Gasteiger partial charge in [-0.3, -0.25) is 4.79 Å². The summed E-state index contributed by atoms with van der Waals surface area (Å²) in [6.07, 6.45) is 3.11. The van der Waals surface area contributed by atoms with E-state index < -0.39 is 5.97 Å². The van der Waals surface area contributed by atoms with Crippen LogP contribution in [-0.4, -0.2) is 54.2 Å². The van der Waals surface area contributed by atoms with E-state index in [0.29, 0.717) is 12.5 Å². The molecule has 1 aliphatic rings. The van der Waals surface area contributed by atoms with Gasteiger partial charge < -0.3 is 14.9 Å². The van der Waals surface area contributed by atoms with Crippen molar-refractivity contribution in [2.24, 2.45) is 0 Å². The highest BCUT2D eigenvalue weighted by molar-refractivity contribution is 7.13. The zero-order valence-electron chi connectivity index (χ0n) is 11.5. The molecule has 5 nitrogen and oxygen atoms in total. The number of carbonyl (C=O) groups is 1. The monoisotopic (exact) mass is 283 g/mol. The second kappa shape index (κ2) is 6.34. The normalized spacial score (nSPS) is 19.9. The van der Waals surface area contributed by atoms with Crippen LogP contribution < -0.4 is 4.90 Å². The number of anilines is 1. The summed E-state index contributed by atoms with van der Waals surface area (Å²) in [5, 5.41) is 11.7. The van der Waals surface area contributed by atoms with Crippen LogP contribution in [-0.2, 0) is 11.2 Å². The fourth-order valence-electron chi connectivity index (χ4n) is 2.34. The molecular formula is C13H21N3O2S. The van der Waals surface area contributed by atoms with E-state index >= 15 is 0 Å². The van der Waals surface area contributed by atoms with Crippen LogP contribution in [0.25, 0.3) is 0 Å². The number of hydrogen-bond acceptors (Lipinski definition) is 5. The molecule has 2 heterocycles. The van der Waals surface area contributed by atoms with Gasteiger partial charge in [-0.15, -0.1) is 11.3 Å². The van der Waals surface area contributed by atoms with Crippen molar-refractivity contribution in [3.8, 4) is 0 Å². The number of piperidine rings is 1. The van der Waals surface area contributed by atoms with Gasteiger partial charge >= 0.3 is 5.97 Å². The Kier molecular flexibility index (Phi) is 4.76. The van der Waals surface area contributed by atoms with E-state index in [4.69, 9.17) is 5.11 Å². The third-order valence-corrected chi connectivity index (χ3v) is 4.48. The van der Waals surface area contributed by atoms with Crippen LogP contribution in [0.4, 0.5) is 5.13 Å². The Balaban J connectivity index is 1.95. The van der Waals surface area contributed by atoms with Gasteiger partial charge in [-0.05, 0) is 26.9 Å². The van der Waals surface area contributed by atoms with Crippen LogP contribution in [0.3, 0.4) is 0 Å². The van der Waals surface area contributed by atoms with Crippen LogP contribution in [0.15, 0.2) is 5.38 Å². The molecule has 19 heavy (non-hydrogen) atoms. The minimum Gasteiger partial charge on any atom is -0.481 e. The average Bonchev–Trinajstić information content (AvgIpc) is 2.85. The summed E-state index contributed by atoms with van der Waals surface area (Å²) >= 11 is 1.62. The molecule has 0 bridgehead atoms. The first-order valence-electron chi connectivity index (χ1n) is 6.64. The van der Waals surface area contributed by atoms with Crippen LogP contribution in [0, 0.1) is 0 Å². The molecule has 1 aromatic rings. The van der Waals surface area contributed by atoms with Gasteiger partial charge in [0.1, 0.15) is 0 Å². The van der Waals surface area contributed by atoms with Crippen LogP contribution in [0.1, 0.15) is 25.0 Å². The Morgan fingerprint density at radius 3 is 3.11 bits per heavy atom. The molecule has 1 N–H and O–H groups in total. The van der Waals surface area contributed by atoms with E-state index in [9.17, 15) is 4.79 Å². The second-order valence-electron chi connectivity index (χ2n) is 5.22. The van der Waals surface area contributed by atoms with E-state index in [2.05, 4.69) is 28.9 Å². The molecule has 0 aliphatic carbocycles. The SMILES string of the molecule is CN(C)C1CCCN(c2nc(CCC(=O)O)cs2)C1. The highest BCUT2D eigenvalue weighted by atomic mass is 32.1. The summed E-state index contributed by atoms with van der Waals surface area (Å²) in [4.78, 5) is 19.7. The van der Waals surface area contributed by atoms with Crippen molar-refractivity contribution < 1.29 is 9.90 Å². The number of thiazole rings is 1. The highest BCUT2D eigenvalue weighted by Gasteiger charge is 2.23. The lowest BCUT2D eigenvalue weighted by atomic mass is 10.1. The molecule has 6 heteroatoms. The number of aliphatic carboxylic acids is 1. The van der Waals surface area contributed by atoms with Gasteiger partial charge in [-0.25, -0.2) is 4.98 Å². The lowest BCUT2D eigenvalue weighted by molar-refractivity contribution is -0.136. The summed E-state index contributed by atoms with van der Waals surface area (Å²) in [7, 11) is 4.24. The maximum Gasteiger partial charge on any atom is 0.303 e. The first kappa shape index (κ1) is 14.3. The molecule has 1 fully saturated rings. The minimum absolute atomic E-state index is 0.156. The van der Waals surface area contributed by atoms with E-state index in [1.54, 1.807) is 11.3 Å². The second-order valence-corrected chi connectivity index (χ2v) is 6.06. The van der Waals surface area contributed by atoms with Gasteiger partial charge in [0.05, 0.1) is 12.1 Å². The number of rotatable bonds is 5. The van der Waals surface area contributed by atoms with Crippen LogP contribution >= 0.6 is 11.3 Å². The molecule has 0 spiro atoms. The number of likely N-dealkylation sites (N-methyl/N-ethyl adjacent to an activating group) is 1. The predicted molar refractivity (Wildman–Crippen MR) is 77.0 cm³/mol. The van der Waals surface area contributed by atoms with E-state index in [-0.39, 0.29) is 6.42 Å². The van der Waals surface area contributed by atoms with Crippen molar-refractivity contribution in [1.82, 2.24) is 9.88 Å². The third kappa shape index (κ3) is 3.91. The van der Waals surface area contributed by atoms with Gasteiger partial charge in [-0.2, -0.15) is 0 Å². The largest absolute Gasteiger partial charge is 0.481 e. The molecule has 1 unspecified atom stereocenters. The van der Waals surface area contributed by atoms with Crippen LogP contribution in [0.2, 0.25) is 0 Å². The zero-order chi connectivity index (χ0) is 13.8. The molecule has 2 rings (SSSR count). The van der Waals surface area contributed by atoms with Crippen molar-refractivity contribution in [1.29, 1.82) is 0 Å². The number of carboxylic acid groups (broad SMARTS) is 1. The molecule has 1 aromatic heterocycles. The Morgan fingerprint density at radius 2 is 2.42 bits per heavy atom. The third-order valence-electron chi connectivity index (χ3n) is 3.53. The molecular weight excluding hydrogens is 262 g/mol. The van der Waals surface area contributed by atoms with Crippen molar-refractivity contribution in [2.75, 3.05) is 32.1 Å². The summed E-state index contributed by atoms with van der Waals surface area (Å²) in [6.45, 7) is 2.06. The molecule has 1 aliphatic heterocycles. The molecule has 106 valence electrons. The van der Waals surface area contributed by atoms with Crippen molar-refractivity contribution in [3.63, 3.8) is 0 Å². The smallest absolute Gasteiger partial charge is 0.303 e. The lowest BCUT2D eigenvalue weighted by Gasteiger charge is -2.35. The Bertz CT molecular complexity index is 433. The van der Waals surface area contributed by atoms with Crippen molar-refractivity contribution in [3.05, 3.63) is 11.1 Å². The van der Waals surface area contributed by atoms with Crippen molar-refractivity contribution in [2.45, 2.75) is 31.7 Å². The Labute approximate surface area is 117 Å². The fourth-order valence-corrected chi connectivity index (χ4v) is 3.24. The summed E-state index contributed by atoms with van der Waals surface area (Å²) in [5.41, 5.74) is 0.898. The van der Waals surface area contributed by atoms with Crippen LogP contribution in [0.5, 0.6) is 0 Å². The van der Waals surface area contributed by atoms with Gasteiger partial charge in [0.25, 0.3) is 0 Å². The summed E-state index contributed by atoms with van der Waals surface area (Å²) in [6, 6.07) is 0.583. The number of aromatic nitrogens is 1. The fraction of sp³-hybridized carbons (Fsp3) is 0.692. The van der Waals surface area contributed by atoms with E-state index in [0.717, 1.165) is 23.9 Å². The summed E-state index contributed by atoms with van der Waals surface area (Å²) < 4.78 is 0. The quantitative estimate of drug-likeness (QED) is 0.891. The average molecular weight is 283 g/mol. The lowest BCUT2D eigenvalue weighted by Crippen LogP contribution is -2.45. The van der Waals surface area contributed by atoms with Gasteiger partial charge in [-0.1, -0.05) is 0 Å². The molecule has 0 aromatic carbocycles. The maximum atomic E-state index is 10.6. The summed E-state index contributed by atoms with van der Waals surface area (Å²) in [5.74, 6) is -0.764. The predicted octanol–water partition coefficient (Wildman–Crippen LogP) is 1.69. The topological polar surface area (TPSA) is 56.7 Å². The molecule has 0 saturated carbocycles. The van der Waals surface area contributed by atoms with Crippen molar-refractivity contribution >= 4 is 22.4 Å².